The normalized spacial score (nSPS) is 16.5. The number of hydrogen-bond acceptors (Lipinski definition) is 3. The first-order valence-corrected chi connectivity index (χ1v) is 9.55. The molecule has 2 heterocycles. The molecule has 2 aromatic carbocycles. The van der Waals surface area contributed by atoms with E-state index in [4.69, 9.17) is 10.8 Å². The van der Waals surface area contributed by atoms with E-state index in [-0.39, 0.29) is 24.2 Å². The lowest BCUT2D eigenvalue weighted by Crippen LogP contribution is -2.40. The van der Waals surface area contributed by atoms with Crippen molar-refractivity contribution in [2.45, 2.75) is 25.3 Å². The Hall–Kier alpha value is -2.99. The number of nitrogens with zero attached hydrogens (tertiary/aromatic N) is 3. The van der Waals surface area contributed by atoms with Crippen LogP contribution < -0.4 is 5.73 Å². The Kier molecular flexibility index (Phi) is 5.21. The first-order valence-electron chi connectivity index (χ1n) is 9.55. The quantitative estimate of drug-likeness (QED) is 0.742. The van der Waals surface area contributed by atoms with Gasteiger partial charge in [-0.25, -0.2) is 9.07 Å². The number of benzene rings is 2. The average molecular weight is 378 g/mol. The van der Waals surface area contributed by atoms with Gasteiger partial charge in [0.15, 0.2) is 0 Å². The SMILES string of the molecule is NCC1CCCN1C(=O)Cc1cn(-c2ccccc2)nc1-c1ccc(F)cc1. The summed E-state index contributed by atoms with van der Waals surface area (Å²) in [6.07, 6.45) is 4.08. The highest BCUT2D eigenvalue weighted by molar-refractivity contribution is 5.82. The van der Waals surface area contributed by atoms with E-state index in [0.29, 0.717) is 12.2 Å². The summed E-state index contributed by atoms with van der Waals surface area (Å²) in [4.78, 5) is 14.8. The van der Waals surface area contributed by atoms with Crippen LogP contribution in [0.25, 0.3) is 16.9 Å². The van der Waals surface area contributed by atoms with Gasteiger partial charge in [0.2, 0.25) is 5.91 Å². The largest absolute Gasteiger partial charge is 0.338 e. The van der Waals surface area contributed by atoms with E-state index in [2.05, 4.69) is 0 Å². The van der Waals surface area contributed by atoms with Gasteiger partial charge in [0.05, 0.1) is 17.8 Å². The molecule has 1 aliphatic heterocycles. The van der Waals surface area contributed by atoms with E-state index in [1.807, 2.05) is 41.4 Å². The molecule has 0 radical (unpaired) electrons. The molecule has 0 saturated carbocycles. The summed E-state index contributed by atoms with van der Waals surface area (Å²) in [5.74, 6) is -0.240. The van der Waals surface area contributed by atoms with Crippen LogP contribution in [-0.2, 0) is 11.2 Å². The molecule has 28 heavy (non-hydrogen) atoms. The van der Waals surface area contributed by atoms with Crippen molar-refractivity contribution in [2.24, 2.45) is 5.73 Å². The Balaban J connectivity index is 1.69. The van der Waals surface area contributed by atoms with E-state index in [1.165, 1.54) is 12.1 Å². The van der Waals surface area contributed by atoms with Gasteiger partial charge >= 0.3 is 0 Å². The van der Waals surface area contributed by atoms with Crippen molar-refractivity contribution in [1.82, 2.24) is 14.7 Å². The maximum Gasteiger partial charge on any atom is 0.227 e. The fourth-order valence-electron chi connectivity index (χ4n) is 3.78. The Morgan fingerprint density at radius 3 is 2.61 bits per heavy atom. The van der Waals surface area contributed by atoms with Crippen LogP contribution >= 0.6 is 0 Å². The third kappa shape index (κ3) is 3.68. The van der Waals surface area contributed by atoms with Crippen LogP contribution in [0, 0.1) is 5.82 Å². The second kappa shape index (κ2) is 7.94. The van der Waals surface area contributed by atoms with Crippen LogP contribution in [0.5, 0.6) is 0 Å². The highest BCUT2D eigenvalue weighted by Crippen LogP contribution is 2.26. The molecule has 1 atom stereocenters. The van der Waals surface area contributed by atoms with Crippen LogP contribution in [0.2, 0.25) is 0 Å². The van der Waals surface area contributed by atoms with Gasteiger partial charge in [-0.05, 0) is 49.2 Å². The average Bonchev–Trinajstić information content (AvgIpc) is 3.36. The lowest BCUT2D eigenvalue weighted by Gasteiger charge is -2.23. The maximum absolute atomic E-state index is 13.4. The number of carbonyl (C=O) groups is 1. The van der Waals surface area contributed by atoms with Gasteiger partial charge in [-0.2, -0.15) is 5.10 Å². The molecular weight excluding hydrogens is 355 g/mol. The van der Waals surface area contributed by atoms with Crippen molar-refractivity contribution in [1.29, 1.82) is 0 Å². The highest BCUT2D eigenvalue weighted by Gasteiger charge is 2.28. The number of likely N-dealkylation sites (tertiary alicyclic amines) is 1. The minimum absolute atomic E-state index is 0.0592. The monoisotopic (exact) mass is 378 g/mol. The van der Waals surface area contributed by atoms with E-state index in [0.717, 1.165) is 36.2 Å². The molecule has 1 saturated heterocycles. The number of amides is 1. The summed E-state index contributed by atoms with van der Waals surface area (Å²) in [5, 5.41) is 4.70. The Morgan fingerprint density at radius 2 is 1.89 bits per heavy atom. The Bertz CT molecular complexity index is 952. The standard InChI is InChI=1S/C22H23FN4O/c23-18-10-8-16(9-11-18)22-17(13-21(28)26-12-4-7-20(26)14-24)15-27(25-22)19-5-2-1-3-6-19/h1-3,5-6,8-11,15,20H,4,7,12-14,24H2. The molecule has 3 aromatic rings. The molecule has 1 aromatic heterocycles. The summed E-state index contributed by atoms with van der Waals surface area (Å²) in [5.41, 5.74) is 9.04. The van der Waals surface area contributed by atoms with E-state index in [1.54, 1.807) is 16.8 Å². The van der Waals surface area contributed by atoms with Crippen molar-refractivity contribution >= 4 is 5.91 Å². The van der Waals surface area contributed by atoms with Gasteiger partial charge in [0.25, 0.3) is 0 Å². The van der Waals surface area contributed by atoms with Crippen molar-refractivity contribution in [2.75, 3.05) is 13.1 Å². The van der Waals surface area contributed by atoms with E-state index < -0.39 is 0 Å². The summed E-state index contributed by atoms with van der Waals surface area (Å²) in [6, 6.07) is 16.1. The third-order valence-electron chi connectivity index (χ3n) is 5.24. The molecule has 1 amide bonds. The van der Waals surface area contributed by atoms with Crippen molar-refractivity contribution in [3.63, 3.8) is 0 Å². The first-order chi connectivity index (χ1) is 13.7. The van der Waals surface area contributed by atoms with Crippen LogP contribution in [0.4, 0.5) is 4.39 Å². The molecule has 144 valence electrons. The Morgan fingerprint density at radius 1 is 1.14 bits per heavy atom. The van der Waals surface area contributed by atoms with Crippen LogP contribution in [0.3, 0.4) is 0 Å². The van der Waals surface area contributed by atoms with Gasteiger partial charge in [0, 0.05) is 36.5 Å². The first kappa shape index (κ1) is 18.4. The third-order valence-corrected chi connectivity index (χ3v) is 5.24. The number of hydrogen-bond donors (Lipinski definition) is 1. The second-order valence-electron chi connectivity index (χ2n) is 7.09. The van der Waals surface area contributed by atoms with Crippen molar-refractivity contribution in [3.05, 3.63) is 72.2 Å². The highest BCUT2D eigenvalue weighted by atomic mass is 19.1. The molecule has 0 spiro atoms. The van der Waals surface area contributed by atoms with Crippen molar-refractivity contribution < 1.29 is 9.18 Å². The number of halogens is 1. The molecule has 1 aliphatic rings. The molecule has 6 heteroatoms. The van der Waals surface area contributed by atoms with E-state index >= 15 is 0 Å². The smallest absolute Gasteiger partial charge is 0.227 e. The Labute approximate surface area is 163 Å². The number of aromatic nitrogens is 2. The molecule has 4 rings (SSSR count). The topological polar surface area (TPSA) is 64.2 Å². The minimum Gasteiger partial charge on any atom is -0.338 e. The van der Waals surface area contributed by atoms with Gasteiger partial charge < -0.3 is 10.6 Å². The van der Waals surface area contributed by atoms with Crippen LogP contribution in [0.15, 0.2) is 60.8 Å². The molecule has 1 unspecified atom stereocenters. The van der Waals surface area contributed by atoms with Crippen LogP contribution in [-0.4, -0.2) is 39.7 Å². The second-order valence-corrected chi connectivity index (χ2v) is 7.09. The van der Waals surface area contributed by atoms with Gasteiger partial charge in [-0.1, -0.05) is 18.2 Å². The summed E-state index contributed by atoms with van der Waals surface area (Å²) in [6.45, 7) is 1.24. The maximum atomic E-state index is 13.4. The molecule has 0 aliphatic carbocycles. The lowest BCUT2D eigenvalue weighted by atomic mass is 10.1. The van der Waals surface area contributed by atoms with Gasteiger partial charge in [-0.15, -0.1) is 0 Å². The zero-order valence-corrected chi connectivity index (χ0v) is 15.6. The number of nitrogens with two attached hydrogens (primary N) is 1. The fourth-order valence-corrected chi connectivity index (χ4v) is 3.78. The number of rotatable bonds is 5. The zero-order chi connectivity index (χ0) is 19.5. The van der Waals surface area contributed by atoms with Crippen molar-refractivity contribution in [3.8, 4) is 16.9 Å². The van der Waals surface area contributed by atoms with Gasteiger partial charge in [0.1, 0.15) is 5.82 Å². The van der Waals surface area contributed by atoms with Crippen LogP contribution in [0.1, 0.15) is 18.4 Å². The molecule has 0 bridgehead atoms. The molecular formula is C22H23FN4O. The van der Waals surface area contributed by atoms with E-state index in [9.17, 15) is 9.18 Å². The zero-order valence-electron chi connectivity index (χ0n) is 15.6. The van der Waals surface area contributed by atoms with Gasteiger partial charge in [-0.3, -0.25) is 4.79 Å². The fraction of sp³-hybridized carbons (Fsp3) is 0.273. The minimum atomic E-state index is -0.299. The molecule has 1 fully saturated rings. The summed E-state index contributed by atoms with van der Waals surface area (Å²) < 4.78 is 15.1. The molecule has 2 N–H and O–H groups in total. The lowest BCUT2D eigenvalue weighted by molar-refractivity contribution is -0.131. The summed E-state index contributed by atoms with van der Waals surface area (Å²) in [7, 11) is 0. The predicted molar refractivity (Wildman–Crippen MR) is 106 cm³/mol. The number of para-hydroxylation sites is 1. The summed E-state index contributed by atoms with van der Waals surface area (Å²) >= 11 is 0. The number of carbonyl (C=O) groups excluding carboxylic acids is 1. The molecule has 5 nitrogen and oxygen atoms in total. The predicted octanol–water partition coefficient (Wildman–Crippen LogP) is 3.17.